The zero-order valence-electron chi connectivity index (χ0n) is 12.8. The lowest BCUT2D eigenvalue weighted by atomic mass is 10.2. The van der Waals surface area contributed by atoms with Crippen LogP contribution in [-0.4, -0.2) is 29.4 Å². The maximum atomic E-state index is 11.6. The fraction of sp³-hybridized carbons (Fsp3) is 0. The van der Waals surface area contributed by atoms with Crippen molar-refractivity contribution in [2.45, 2.75) is 0 Å². The van der Waals surface area contributed by atoms with E-state index in [1.807, 2.05) is 24.3 Å². The molecule has 1 N–H and O–H groups in total. The molecule has 0 aliphatic heterocycles. The van der Waals surface area contributed by atoms with Gasteiger partial charge in [-0.2, -0.15) is 0 Å². The minimum absolute atomic E-state index is 0.0850. The van der Waals surface area contributed by atoms with Crippen LogP contribution < -0.4 is 5.32 Å². The van der Waals surface area contributed by atoms with Crippen LogP contribution in [0.3, 0.4) is 0 Å². The monoisotopic (exact) mass is 333 g/mol. The molecule has 0 fully saturated rings. The van der Waals surface area contributed by atoms with E-state index in [1.165, 1.54) is 23.4 Å². The number of nitrogens with one attached hydrogen (secondary N) is 1. The summed E-state index contributed by atoms with van der Waals surface area (Å²) in [6.45, 7) is 0. The molecule has 25 heavy (non-hydrogen) atoms. The molecule has 122 valence electrons. The van der Waals surface area contributed by atoms with E-state index < -0.39 is 4.92 Å². The minimum atomic E-state index is -0.518. The highest BCUT2D eigenvalue weighted by molar-refractivity contribution is 5.92. The zero-order valence-corrected chi connectivity index (χ0v) is 12.8. The Morgan fingerprint density at radius 2 is 1.96 bits per heavy atom. The van der Waals surface area contributed by atoms with Gasteiger partial charge in [-0.3, -0.25) is 19.7 Å². The second kappa shape index (κ2) is 5.96. The molecule has 9 nitrogen and oxygen atoms in total. The van der Waals surface area contributed by atoms with E-state index in [2.05, 4.69) is 25.3 Å². The summed E-state index contributed by atoms with van der Waals surface area (Å²) >= 11 is 0. The van der Waals surface area contributed by atoms with Gasteiger partial charge < -0.3 is 5.32 Å². The Morgan fingerprint density at radius 1 is 1.08 bits per heavy atom. The lowest BCUT2D eigenvalue weighted by molar-refractivity contribution is -0.384. The first-order valence-electron chi connectivity index (χ1n) is 7.32. The highest BCUT2D eigenvalue weighted by Crippen LogP contribution is 2.31. The number of hydrogen-bond donors (Lipinski definition) is 1. The van der Waals surface area contributed by atoms with Crippen LogP contribution in [-0.2, 0) is 0 Å². The minimum Gasteiger partial charge on any atom is -0.332 e. The van der Waals surface area contributed by atoms with Crippen LogP contribution in [0, 0.1) is 10.1 Å². The number of rotatable bonds is 4. The van der Waals surface area contributed by atoms with Gasteiger partial charge in [0, 0.05) is 24.0 Å². The van der Waals surface area contributed by atoms with Crippen molar-refractivity contribution >= 4 is 28.1 Å². The molecule has 0 amide bonds. The number of aromatic nitrogens is 5. The molecule has 0 unspecified atom stereocenters. The summed E-state index contributed by atoms with van der Waals surface area (Å²) < 4.78 is 1.46. The molecule has 0 saturated heterocycles. The number of imidazole rings is 1. The lowest BCUT2D eigenvalue weighted by Gasteiger charge is -2.10. The van der Waals surface area contributed by atoms with Gasteiger partial charge in [-0.05, 0) is 12.1 Å². The summed E-state index contributed by atoms with van der Waals surface area (Å²) in [7, 11) is 0. The molecular formula is C16H11N7O2. The number of nitro groups is 1. The average Bonchev–Trinajstić information content (AvgIpc) is 3.16. The van der Waals surface area contributed by atoms with E-state index in [1.54, 1.807) is 18.5 Å². The molecule has 0 aliphatic rings. The summed E-state index contributed by atoms with van der Waals surface area (Å²) in [6, 6.07) is 9.29. The molecular weight excluding hydrogens is 322 g/mol. The molecule has 3 heterocycles. The third-order valence-corrected chi connectivity index (χ3v) is 3.62. The van der Waals surface area contributed by atoms with Gasteiger partial charge in [0.25, 0.3) is 0 Å². The number of para-hydroxylation sites is 1. The third-order valence-electron chi connectivity index (χ3n) is 3.62. The lowest BCUT2D eigenvalue weighted by Crippen LogP contribution is -2.07. The first kappa shape index (κ1) is 14.7. The molecule has 0 aliphatic carbocycles. The van der Waals surface area contributed by atoms with Crippen LogP contribution in [0.25, 0.3) is 16.7 Å². The quantitative estimate of drug-likeness (QED) is 0.451. The zero-order chi connectivity index (χ0) is 17.2. The van der Waals surface area contributed by atoms with E-state index in [-0.39, 0.29) is 17.3 Å². The predicted octanol–water partition coefficient (Wildman–Crippen LogP) is 2.86. The molecule has 4 aromatic rings. The first-order valence-corrected chi connectivity index (χ1v) is 7.32. The van der Waals surface area contributed by atoms with Gasteiger partial charge >= 0.3 is 5.69 Å². The Morgan fingerprint density at radius 3 is 2.76 bits per heavy atom. The van der Waals surface area contributed by atoms with Gasteiger partial charge in [0.1, 0.15) is 12.7 Å². The summed E-state index contributed by atoms with van der Waals surface area (Å²) in [5, 5.41) is 15.6. The fourth-order valence-corrected chi connectivity index (χ4v) is 2.54. The summed E-state index contributed by atoms with van der Waals surface area (Å²) in [5.41, 5.74) is 1.08. The molecule has 3 aromatic heterocycles. The second-order valence-corrected chi connectivity index (χ2v) is 5.13. The second-order valence-electron chi connectivity index (χ2n) is 5.13. The Bertz CT molecular complexity index is 1060. The van der Waals surface area contributed by atoms with Crippen molar-refractivity contribution in [2.24, 2.45) is 0 Å². The SMILES string of the molecule is O=[N+]([O-])c1c(Nc2cccc3cccnc23)ncnc1-n1ccnc1. The normalized spacial score (nSPS) is 10.7. The molecule has 0 atom stereocenters. The number of hydrogen-bond acceptors (Lipinski definition) is 7. The van der Waals surface area contributed by atoms with Gasteiger partial charge in [-0.25, -0.2) is 15.0 Å². The summed E-state index contributed by atoms with van der Waals surface area (Å²) in [5.74, 6) is 0.218. The first-order chi connectivity index (χ1) is 12.2. The van der Waals surface area contributed by atoms with Crippen molar-refractivity contribution in [3.8, 4) is 5.82 Å². The summed E-state index contributed by atoms with van der Waals surface area (Å²) in [4.78, 5) is 27.4. The maximum absolute atomic E-state index is 11.6. The maximum Gasteiger partial charge on any atom is 0.354 e. The number of anilines is 2. The van der Waals surface area contributed by atoms with Gasteiger partial charge in [-0.1, -0.05) is 18.2 Å². The number of fused-ring (bicyclic) bond motifs is 1. The van der Waals surface area contributed by atoms with Crippen LogP contribution in [0.2, 0.25) is 0 Å². The van der Waals surface area contributed by atoms with E-state index in [4.69, 9.17) is 0 Å². The topological polar surface area (TPSA) is 112 Å². The standard InChI is InChI=1S/C16H11N7O2/c24-23(25)14-15(19-9-20-16(14)22-8-7-17-10-22)21-12-5-1-3-11-4-2-6-18-13(11)12/h1-10H,(H,19,20,21). The van der Waals surface area contributed by atoms with Gasteiger partial charge in [-0.15, -0.1) is 0 Å². The van der Waals surface area contributed by atoms with Crippen molar-refractivity contribution in [1.29, 1.82) is 0 Å². The van der Waals surface area contributed by atoms with E-state index in [0.29, 0.717) is 11.2 Å². The number of nitrogens with zero attached hydrogens (tertiary/aromatic N) is 6. The van der Waals surface area contributed by atoms with Crippen LogP contribution in [0.1, 0.15) is 0 Å². The molecule has 0 radical (unpaired) electrons. The fourth-order valence-electron chi connectivity index (χ4n) is 2.54. The van der Waals surface area contributed by atoms with Crippen LogP contribution in [0.4, 0.5) is 17.2 Å². The Hall–Kier alpha value is -3.88. The van der Waals surface area contributed by atoms with Crippen molar-refractivity contribution in [3.63, 3.8) is 0 Å². The summed E-state index contributed by atoms with van der Waals surface area (Å²) in [6.07, 6.45) is 7.48. The predicted molar refractivity (Wildman–Crippen MR) is 90.8 cm³/mol. The molecule has 4 rings (SSSR count). The molecule has 0 bridgehead atoms. The van der Waals surface area contributed by atoms with Crippen LogP contribution in [0.5, 0.6) is 0 Å². The number of benzene rings is 1. The third kappa shape index (κ3) is 2.63. The van der Waals surface area contributed by atoms with Crippen molar-refractivity contribution in [3.05, 3.63) is 71.7 Å². The van der Waals surface area contributed by atoms with E-state index in [9.17, 15) is 10.1 Å². The number of pyridine rings is 1. The van der Waals surface area contributed by atoms with Crippen molar-refractivity contribution < 1.29 is 4.92 Å². The Kier molecular flexibility index (Phi) is 3.51. The van der Waals surface area contributed by atoms with Crippen LogP contribution >= 0.6 is 0 Å². The van der Waals surface area contributed by atoms with Crippen molar-refractivity contribution in [1.82, 2.24) is 24.5 Å². The molecule has 9 heteroatoms. The van der Waals surface area contributed by atoms with Gasteiger partial charge in [0.15, 0.2) is 0 Å². The average molecular weight is 333 g/mol. The highest BCUT2D eigenvalue weighted by Gasteiger charge is 2.24. The Balaban J connectivity index is 1.86. The van der Waals surface area contributed by atoms with Gasteiger partial charge in [0.05, 0.1) is 16.1 Å². The Labute approximate surface area is 141 Å². The van der Waals surface area contributed by atoms with Gasteiger partial charge in [0.2, 0.25) is 11.6 Å². The molecule has 1 aromatic carbocycles. The van der Waals surface area contributed by atoms with E-state index >= 15 is 0 Å². The highest BCUT2D eigenvalue weighted by atomic mass is 16.6. The smallest absolute Gasteiger partial charge is 0.332 e. The molecule has 0 saturated carbocycles. The van der Waals surface area contributed by atoms with E-state index in [0.717, 1.165) is 5.39 Å². The molecule has 0 spiro atoms. The van der Waals surface area contributed by atoms with Crippen LogP contribution in [0.15, 0.2) is 61.6 Å². The van der Waals surface area contributed by atoms with Crippen molar-refractivity contribution in [2.75, 3.05) is 5.32 Å². The largest absolute Gasteiger partial charge is 0.354 e.